The highest BCUT2D eigenvalue weighted by Gasteiger charge is 2.36. The Bertz CT molecular complexity index is 842. The minimum absolute atomic E-state index is 0.0463. The molecule has 0 aliphatic carbocycles. The molecule has 2 amide bonds. The second-order valence-electron chi connectivity index (χ2n) is 6.46. The quantitative estimate of drug-likeness (QED) is 0.834. The van der Waals surface area contributed by atoms with Crippen molar-refractivity contribution in [3.63, 3.8) is 0 Å². The summed E-state index contributed by atoms with van der Waals surface area (Å²) in [6.07, 6.45) is 0.726. The lowest BCUT2D eigenvalue weighted by Crippen LogP contribution is -2.58. The van der Waals surface area contributed by atoms with Gasteiger partial charge in [-0.1, -0.05) is 48.5 Å². The number of nitriles is 1. The molecule has 0 aromatic heterocycles. The third-order valence-electron chi connectivity index (χ3n) is 4.77. The molecule has 2 aromatic carbocycles. The van der Waals surface area contributed by atoms with Crippen molar-refractivity contribution in [2.75, 3.05) is 13.1 Å². The molecule has 1 fully saturated rings. The summed E-state index contributed by atoms with van der Waals surface area (Å²) in [7, 11) is 0. The van der Waals surface area contributed by atoms with E-state index >= 15 is 0 Å². The second-order valence-corrected chi connectivity index (χ2v) is 6.46. The first-order chi connectivity index (χ1) is 12.6. The molecule has 0 spiro atoms. The van der Waals surface area contributed by atoms with E-state index in [-0.39, 0.29) is 24.9 Å². The molecule has 2 aromatic rings. The van der Waals surface area contributed by atoms with Crippen LogP contribution in [0.25, 0.3) is 0 Å². The summed E-state index contributed by atoms with van der Waals surface area (Å²) in [4.78, 5) is 28.5. The van der Waals surface area contributed by atoms with Crippen molar-refractivity contribution >= 4 is 11.8 Å². The van der Waals surface area contributed by atoms with Crippen molar-refractivity contribution in [2.45, 2.75) is 25.9 Å². The molecule has 0 N–H and O–H groups in total. The van der Waals surface area contributed by atoms with Gasteiger partial charge in [-0.25, -0.2) is 0 Å². The summed E-state index contributed by atoms with van der Waals surface area (Å²) in [6, 6.07) is 18.7. The van der Waals surface area contributed by atoms with E-state index < -0.39 is 6.04 Å². The fraction of sp³-hybridized carbons (Fsp3) is 0.286. The third-order valence-corrected chi connectivity index (χ3v) is 4.77. The van der Waals surface area contributed by atoms with E-state index in [1.54, 1.807) is 28.9 Å². The molecule has 1 aliphatic heterocycles. The van der Waals surface area contributed by atoms with Gasteiger partial charge >= 0.3 is 0 Å². The highest BCUT2D eigenvalue weighted by molar-refractivity contribution is 5.94. The standard InChI is InChI=1S/C21H21N3O2/c1-16-21(26)23(12-11-17-7-3-2-4-8-17)15-20(25)24(16)14-19-10-6-5-9-18(19)13-22/h2-10,16H,11-12,14-15H2,1H3/t16-/m0/s1. The van der Waals surface area contributed by atoms with Gasteiger partial charge in [-0.05, 0) is 30.5 Å². The molecular formula is C21H21N3O2. The molecule has 0 saturated carbocycles. The topological polar surface area (TPSA) is 64.4 Å². The van der Waals surface area contributed by atoms with Crippen LogP contribution in [-0.4, -0.2) is 40.7 Å². The van der Waals surface area contributed by atoms with Crippen molar-refractivity contribution in [3.8, 4) is 6.07 Å². The average molecular weight is 347 g/mol. The van der Waals surface area contributed by atoms with Crippen LogP contribution in [0.2, 0.25) is 0 Å². The summed E-state index contributed by atoms with van der Waals surface area (Å²) in [5, 5.41) is 9.22. The monoisotopic (exact) mass is 347 g/mol. The normalized spacial score (nSPS) is 17.3. The molecule has 0 unspecified atom stereocenters. The molecular weight excluding hydrogens is 326 g/mol. The van der Waals surface area contributed by atoms with Crippen LogP contribution in [0, 0.1) is 11.3 Å². The van der Waals surface area contributed by atoms with E-state index in [0.717, 1.165) is 17.5 Å². The van der Waals surface area contributed by atoms with Gasteiger partial charge in [-0.2, -0.15) is 5.26 Å². The molecule has 5 heteroatoms. The van der Waals surface area contributed by atoms with E-state index in [0.29, 0.717) is 12.1 Å². The highest BCUT2D eigenvalue weighted by atomic mass is 16.2. The molecule has 26 heavy (non-hydrogen) atoms. The Morgan fingerprint density at radius 3 is 2.50 bits per heavy atom. The maximum Gasteiger partial charge on any atom is 0.245 e. The minimum atomic E-state index is -0.529. The van der Waals surface area contributed by atoms with Gasteiger partial charge in [0.15, 0.2) is 0 Å². The van der Waals surface area contributed by atoms with Gasteiger partial charge in [0.2, 0.25) is 11.8 Å². The van der Waals surface area contributed by atoms with Gasteiger partial charge in [0, 0.05) is 13.1 Å². The zero-order valence-corrected chi connectivity index (χ0v) is 14.8. The Balaban J connectivity index is 1.68. The van der Waals surface area contributed by atoms with Gasteiger partial charge in [0.1, 0.15) is 6.04 Å². The van der Waals surface area contributed by atoms with Crippen molar-refractivity contribution in [1.29, 1.82) is 5.26 Å². The van der Waals surface area contributed by atoms with Crippen molar-refractivity contribution in [1.82, 2.24) is 9.80 Å². The lowest BCUT2D eigenvalue weighted by atomic mass is 10.1. The Morgan fingerprint density at radius 1 is 1.08 bits per heavy atom. The summed E-state index contributed by atoms with van der Waals surface area (Å²) in [5.74, 6) is -0.132. The van der Waals surface area contributed by atoms with E-state index in [9.17, 15) is 14.9 Å². The maximum atomic E-state index is 12.7. The second kappa shape index (κ2) is 7.83. The summed E-state index contributed by atoms with van der Waals surface area (Å²) >= 11 is 0. The first-order valence-electron chi connectivity index (χ1n) is 8.70. The molecule has 1 saturated heterocycles. The van der Waals surface area contributed by atoms with Gasteiger partial charge in [0.05, 0.1) is 18.2 Å². The van der Waals surface area contributed by atoms with E-state index in [2.05, 4.69) is 6.07 Å². The first-order valence-corrected chi connectivity index (χ1v) is 8.70. The van der Waals surface area contributed by atoms with Crippen molar-refractivity contribution in [2.24, 2.45) is 0 Å². The molecule has 3 rings (SSSR count). The van der Waals surface area contributed by atoms with Gasteiger partial charge in [-0.3, -0.25) is 9.59 Å². The van der Waals surface area contributed by atoms with E-state index in [4.69, 9.17) is 0 Å². The molecule has 1 heterocycles. The Morgan fingerprint density at radius 2 is 1.77 bits per heavy atom. The number of hydrogen-bond acceptors (Lipinski definition) is 3. The molecule has 0 bridgehead atoms. The summed E-state index contributed by atoms with van der Waals surface area (Å²) < 4.78 is 0. The number of benzene rings is 2. The maximum absolute atomic E-state index is 12.7. The van der Waals surface area contributed by atoms with Crippen LogP contribution in [0.4, 0.5) is 0 Å². The fourth-order valence-corrected chi connectivity index (χ4v) is 3.22. The number of hydrogen-bond donors (Lipinski definition) is 0. The largest absolute Gasteiger partial charge is 0.331 e. The molecule has 132 valence electrons. The van der Waals surface area contributed by atoms with Crippen molar-refractivity contribution in [3.05, 3.63) is 71.3 Å². The molecule has 0 radical (unpaired) electrons. The Labute approximate surface area is 153 Å². The van der Waals surface area contributed by atoms with Crippen LogP contribution in [0.15, 0.2) is 54.6 Å². The average Bonchev–Trinajstić information content (AvgIpc) is 2.68. The highest BCUT2D eigenvalue weighted by Crippen LogP contribution is 2.18. The van der Waals surface area contributed by atoms with Crippen LogP contribution in [0.5, 0.6) is 0 Å². The molecule has 1 atom stereocenters. The predicted molar refractivity (Wildman–Crippen MR) is 97.9 cm³/mol. The fourth-order valence-electron chi connectivity index (χ4n) is 3.22. The number of carbonyl (C=O) groups excluding carboxylic acids is 2. The van der Waals surface area contributed by atoms with Crippen LogP contribution in [0.3, 0.4) is 0 Å². The smallest absolute Gasteiger partial charge is 0.245 e. The minimum Gasteiger partial charge on any atom is -0.331 e. The van der Waals surface area contributed by atoms with Crippen LogP contribution in [-0.2, 0) is 22.6 Å². The van der Waals surface area contributed by atoms with Crippen LogP contribution in [0.1, 0.15) is 23.6 Å². The van der Waals surface area contributed by atoms with Gasteiger partial charge in [-0.15, -0.1) is 0 Å². The van der Waals surface area contributed by atoms with Crippen molar-refractivity contribution < 1.29 is 9.59 Å². The number of nitrogens with zero attached hydrogens (tertiary/aromatic N) is 3. The SMILES string of the molecule is C[C@H]1C(=O)N(CCc2ccccc2)CC(=O)N1Cc1ccccc1C#N. The summed E-state index contributed by atoms with van der Waals surface area (Å²) in [5.41, 5.74) is 2.44. The number of piperazine rings is 1. The number of rotatable bonds is 5. The van der Waals surface area contributed by atoms with E-state index in [1.807, 2.05) is 42.5 Å². The molecule has 1 aliphatic rings. The first kappa shape index (κ1) is 17.7. The van der Waals surface area contributed by atoms with E-state index in [1.165, 1.54) is 0 Å². The number of carbonyl (C=O) groups is 2. The van der Waals surface area contributed by atoms with Gasteiger partial charge in [0.25, 0.3) is 0 Å². The predicted octanol–water partition coefficient (Wildman–Crippen LogP) is 2.36. The Kier molecular flexibility index (Phi) is 5.33. The zero-order valence-electron chi connectivity index (χ0n) is 14.8. The zero-order chi connectivity index (χ0) is 18.5. The Hall–Kier alpha value is -3.13. The third kappa shape index (κ3) is 3.75. The van der Waals surface area contributed by atoms with Gasteiger partial charge < -0.3 is 9.80 Å². The lowest BCUT2D eigenvalue weighted by molar-refractivity contribution is -0.155. The van der Waals surface area contributed by atoms with Crippen LogP contribution < -0.4 is 0 Å². The lowest BCUT2D eigenvalue weighted by Gasteiger charge is -2.39. The summed E-state index contributed by atoms with van der Waals surface area (Å²) in [6.45, 7) is 2.65. The molecule has 5 nitrogen and oxygen atoms in total. The van der Waals surface area contributed by atoms with Crippen LogP contribution >= 0.6 is 0 Å². The number of amides is 2.